The van der Waals surface area contributed by atoms with Crippen molar-refractivity contribution in [3.63, 3.8) is 0 Å². The van der Waals surface area contributed by atoms with Gasteiger partial charge in [0.1, 0.15) is 16.1 Å². The van der Waals surface area contributed by atoms with Crippen LogP contribution in [0.5, 0.6) is 0 Å². The van der Waals surface area contributed by atoms with E-state index in [4.69, 9.17) is 4.52 Å². The van der Waals surface area contributed by atoms with Crippen LogP contribution < -0.4 is 0 Å². The quantitative estimate of drug-likeness (QED) is 0.665. The lowest BCUT2D eigenvalue weighted by atomic mass is 10.2. The summed E-state index contributed by atoms with van der Waals surface area (Å²) in [6.07, 6.45) is 3.52. The van der Waals surface area contributed by atoms with Crippen LogP contribution in [0.2, 0.25) is 0 Å². The van der Waals surface area contributed by atoms with E-state index in [1.165, 1.54) is 12.5 Å². The zero-order valence-corrected chi connectivity index (χ0v) is 15.4. The second-order valence-electron chi connectivity index (χ2n) is 6.39. The van der Waals surface area contributed by atoms with Crippen molar-refractivity contribution in [3.05, 3.63) is 17.5 Å². The molecule has 0 aliphatic heterocycles. The van der Waals surface area contributed by atoms with Crippen LogP contribution in [0.25, 0.3) is 0 Å². The lowest BCUT2D eigenvalue weighted by Gasteiger charge is -2.22. The number of hydrogen-bond donors (Lipinski definition) is 0. The van der Waals surface area contributed by atoms with Crippen LogP contribution in [0.4, 0.5) is 0 Å². The summed E-state index contributed by atoms with van der Waals surface area (Å²) in [5, 5.41) is 3.72. The van der Waals surface area contributed by atoms with Crippen LogP contribution in [-0.2, 0) is 9.84 Å². The molecule has 0 radical (unpaired) electrons. The maximum Gasteiger partial charge on any atom is 0.276 e. The van der Waals surface area contributed by atoms with Crippen molar-refractivity contribution >= 4 is 15.7 Å². The van der Waals surface area contributed by atoms with E-state index in [2.05, 4.69) is 10.1 Å². The normalized spacial score (nSPS) is 13.3. The maximum absolute atomic E-state index is 12.2. The topological polar surface area (TPSA) is 83.7 Å². The van der Waals surface area contributed by atoms with E-state index in [1.54, 1.807) is 18.9 Å². The van der Waals surface area contributed by atoms with Crippen molar-refractivity contribution in [2.24, 2.45) is 5.92 Å². The van der Waals surface area contributed by atoms with Crippen molar-refractivity contribution in [1.82, 2.24) is 15.0 Å². The Hall–Kier alpha value is -1.41. The maximum atomic E-state index is 12.2. The van der Waals surface area contributed by atoms with Crippen LogP contribution in [-0.4, -0.2) is 75.0 Å². The number of nitrogens with zero attached hydrogens (tertiary/aromatic N) is 3. The zero-order valence-electron chi connectivity index (χ0n) is 14.6. The van der Waals surface area contributed by atoms with Gasteiger partial charge >= 0.3 is 0 Å². The minimum Gasteiger partial charge on any atom is -0.364 e. The molecule has 0 aliphatic rings. The fourth-order valence-electron chi connectivity index (χ4n) is 2.55. The summed E-state index contributed by atoms with van der Waals surface area (Å²) in [7, 11) is 0.761. The van der Waals surface area contributed by atoms with Crippen LogP contribution in [0.1, 0.15) is 29.4 Å². The van der Waals surface area contributed by atoms with Crippen molar-refractivity contribution in [2.75, 3.05) is 45.7 Å². The van der Waals surface area contributed by atoms with Crippen LogP contribution in [0.15, 0.2) is 10.8 Å². The van der Waals surface area contributed by atoms with E-state index in [9.17, 15) is 13.2 Å². The predicted molar refractivity (Wildman–Crippen MR) is 89.2 cm³/mol. The second-order valence-corrected chi connectivity index (χ2v) is 8.57. The number of sulfone groups is 1. The van der Waals surface area contributed by atoms with Crippen molar-refractivity contribution in [1.29, 1.82) is 0 Å². The highest BCUT2D eigenvalue weighted by Crippen LogP contribution is 2.08. The minimum atomic E-state index is -2.94. The molecule has 8 heteroatoms. The summed E-state index contributed by atoms with van der Waals surface area (Å²) in [6.45, 7) is 5.83. The monoisotopic (exact) mass is 345 g/mol. The Morgan fingerprint density at radius 1 is 1.35 bits per heavy atom. The Bertz CT molecular complexity index is 612. The smallest absolute Gasteiger partial charge is 0.276 e. The standard InChI is InChI=1S/C15H27N3O4S/c1-12(11-23(5,20)21)9-17(3)7-6-8-18(4)15(19)14-13(2)10-22-16-14/h10,12H,6-9,11H2,1-5H3. The Kier molecular flexibility index (Phi) is 7.21. The largest absolute Gasteiger partial charge is 0.364 e. The highest BCUT2D eigenvalue weighted by atomic mass is 32.2. The van der Waals surface area contributed by atoms with Gasteiger partial charge in [-0.1, -0.05) is 12.1 Å². The Morgan fingerprint density at radius 2 is 2.00 bits per heavy atom. The van der Waals surface area contributed by atoms with Crippen LogP contribution in [0, 0.1) is 12.8 Å². The van der Waals surface area contributed by atoms with Gasteiger partial charge in [0.2, 0.25) is 0 Å². The first kappa shape index (κ1) is 19.6. The number of carbonyl (C=O) groups excluding carboxylic acids is 1. The number of aryl methyl sites for hydroxylation is 1. The van der Waals surface area contributed by atoms with Crippen molar-refractivity contribution in [2.45, 2.75) is 20.3 Å². The molecule has 1 rings (SSSR count). The van der Waals surface area contributed by atoms with Gasteiger partial charge in [-0.3, -0.25) is 4.79 Å². The van der Waals surface area contributed by atoms with E-state index < -0.39 is 9.84 Å². The van der Waals surface area contributed by atoms with Gasteiger partial charge in [0.15, 0.2) is 5.69 Å². The summed E-state index contributed by atoms with van der Waals surface area (Å²) in [5.41, 5.74) is 1.08. The molecule has 0 saturated carbocycles. The van der Waals surface area contributed by atoms with E-state index in [0.717, 1.165) is 18.5 Å². The number of hydrogen-bond acceptors (Lipinski definition) is 6. The summed E-state index contributed by atoms with van der Waals surface area (Å²) in [5.74, 6) is 0.137. The molecule has 0 spiro atoms. The fraction of sp³-hybridized carbons (Fsp3) is 0.733. The van der Waals surface area contributed by atoms with Gasteiger partial charge in [0.05, 0.1) is 5.75 Å². The number of amides is 1. The SMILES string of the molecule is Cc1conc1C(=O)N(C)CCCN(C)CC(C)CS(C)(=O)=O. The molecule has 1 unspecified atom stereocenters. The second kappa shape index (κ2) is 8.44. The lowest BCUT2D eigenvalue weighted by molar-refractivity contribution is 0.0778. The first-order valence-corrected chi connectivity index (χ1v) is 9.69. The van der Waals surface area contributed by atoms with Gasteiger partial charge in [0.25, 0.3) is 5.91 Å². The molecule has 23 heavy (non-hydrogen) atoms. The first-order chi connectivity index (χ1) is 10.6. The van der Waals surface area contributed by atoms with Gasteiger partial charge in [0, 0.05) is 32.0 Å². The van der Waals surface area contributed by atoms with Crippen LogP contribution in [0.3, 0.4) is 0 Å². The minimum absolute atomic E-state index is 0.0899. The van der Waals surface area contributed by atoms with Crippen LogP contribution >= 0.6 is 0 Å². The van der Waals surface area contributed by atoms with E-state index >= 15 is 0 Å². The van der Waals surface area contributed by atoms with E-state index in [1.807, 2.05) is 14.0 Å². The third kappa shape index (κ3) is 7.13. The van der Waals surface area contributed by atoms with Crippen molar-refractivity contribution < 1.29 is 17.7 Å². The molecule has 0 aliphatic carbocycles. The molecule has 0 saturated heterocycles. The van der Waals surface area contributed by atoms with E-state index in [0.29, 0.717) is 18.8 Å². The molecule has 0 fully saturated rings. The molecule has 0 bridgehead atoms. The third-order valence-electron chi connectivity index (χ3n) is 3.54. The fourth-order valence-corrected chi connectivity index (χ4v) is 3.69. The number of rotatable bonds is 9. The highest BCUT2D eigenvalue weighted by Gasteiger charge is 2.18. The average molecular weight is 345 g/mol. The first-order valence-electron chi connectivity index (χ1n) is 7.63. The molecule has 7 nitrogen and oxygen atoms in total. The summed E-state index contributed by atoms with van der Waals surface area (Å²) in [4.78, 5) is 15.9. The summed E-state index contributed by atoms with van der Waals surface area (Å²) in [6, 6.07) is 0. The molecule has 0 aromatic carbocycles. The molecule has 0 N–H and O–H groups in total. The molecule has 1 amide bonds. The molecule has 1 aromatic heterocycles. The van der Waals surface area contributed by atoms with Gasteiger partial charge < -0.3 is 14.3 Å². The molecular formula is C15H27N3O4S. The molecule has 1 atom stereocenters. The van der Waals surface area contributed by atoms with E-state index in [-0.39, 0.29) is 17.6 Å². The Balaban J connectivity index is 2.33. The van der Waals surface area contributed by atoms with Gasteiger partial charge in [-0.05, 0) is 32.9 Å². The Morgan fingerprint density at radius 3 is 2.52 bits per heavy atom. The number of carbonyl (C=O) groups is 1. The summed E-state index contributed by atoms with van der Waals surface area (Å²) >= 11 is 0. The van der Waals surface area contributed by atoms with Gasteiger partial charge in [-0.25, -0.2) is 8.42 Å². The molecule has 1 aromatic rings. The average Bonchev–Trinajstić information content (AvgIpc) is 2.81. The molecule has 132 valence electrons. The lowest BCUT2D eigenvalue weighted by Crippen LogP contribution is -2.33. The molecule has 1 heterocycles. The highest BCUT2D eigenvalue weighted by molar-refractivity contribution is 7.90. The molecular weight excluding hydrogens is 318 g/mol. The number of aromatic nitrogens is 1. The zero-order chi connectivity index (χ0) is 17.6. The summed E-state index contributed by atoms with van der Waals surface area (Å²) < 4.78 is 27.3. The van der Waals surface area contributed by atoms with Crippen molar-refractivity contribution in [3.8, 4) is 0 Å². The Labute approximate surface area is 138 Å². The van der Waals surface area contributed by atoms with Gasteiger partial charge in [-0.15, -0.1) is 0 Å². The predicted octanol–water partition coefficient (Wildman–Crippen LogP) is 1.06. The van der Waals surface area contributed by atoms with Gasteiger partial charge in [-0.2, -0.15) is 0 Å². The third-order valence-corrected chi connectivity index (χ3v) is 4.71.